The fourth-order valence-corrected chi connectivity index (χ4v) is 2.18. The molecular formula is C12H14FN3O3. The Morgan fingerprint density at radius 2 is 2.32 bits per heavy atom. The lowest BCUT2D eigenvalue weighted by Crippen LogP contribution is -2.32. The molecule has 1 saturated heterocycles. The van der Waals surface area contributed by atoms with Crippen molar-refractivity contribution >= 4 is 17.3 Å². The molecular weight excluding hydrogens is 253 g/mol. The summed E-state index contributed by atoms with van der Waals surface area (Å²) in [6, 6.07) is 3.40. The number of nitro groups is 1. The van der Waals surface area contributed by atoms with E-state index < -0.39 is 16.4 Å². The van der Waals surface area contributed by atoms with E-state index in [1.54, 1.807) is 0 Å². The summed E-state index contributed by atoms with van der Waals surface area (Å²) in [5, 5.41) is 16.2. The third-order valence-electron chi connectivity index (χ3n) is 3.27. The monoisotopic (exact) mass is 267 g/mol. The van der Waals surface area contributed by atoms with Crippen molar-refractivity contribution < 1.29 is 14.1 Å². The Kier molecular flexibility index (Phi) is 3.75. The molecule has 1 aliphatic heterocycles. The molecule has 19 heavy (non-hydrogen) atoms. The molecule has 0 aromatic heterocycles. The molecule has 1 aromatic rings. The van der Waals surface area contributed by atoms with Gasteiger partial charge in [-0.15, -0.1) is 0 Å². The molecule has 2 N–H and O–H groups in total. The van der Waals surface area contributed by atoms with Gasteiger partial charge in [-0.25, -0.2) is 0 Å². The summed E-state index contributed by atoms with van der Waals surface area (Å²) in [7, 11) is 0. The predicted octanol–water partition coefficient (Wildman–Crippen LogP) is 1.67. The largest absolute Gasteiger partial charge is 0.326 e. The standard InChI is InChI=1S/C12H14FN3O3/c1-7-9(4-5-14-7)12(17)15-8-2-3-11(16(18)19)10(13)6-8/h2-3,6-7,9,14H,4-5H2,1H3,(H,15,17). The number of carbonyl (C=O) groups excluding carboxylic acids is 1. The van der Waals surface area contributed by atoms with Crippen LogP contribution in [-0.4, -0.2) is 23.4 Å². The minimum absolute atomic E-state index is 0.0721. The van der Waals surface area contributed by atoms with Crippen LogP contribution in [0.1, 0.15) is 13.3 Å². The second-order valence-corrected chi connectivity index (χ2v) is 4.55. The summed E-state index contributed by atoms with van der Waals surface area (Å²) in [6.07, 6.45) is 0.725. The lowest BCUT2D eigenvalue weighted by Gasteiger charge is -2.14. The molecule has 1 aliphatic rings. The highest BCUT2D eigenvalue weighted by Gasteiger charge is 2.29. The Labute approximate surface area is 109 Å². The van der Waals surface area contributed by atoms with E-state index in [1.807, 2.05) is 6.92 Å². The van der Waals surface area contributed by atoms with Crippen LogP contribution in [0.15, 0.2) is 18.2 Å². The van der Waals surface area contributed by atoms with Gasteiger partial charge in [-0.05, 0) is 26.0 Å². The summed E-state index contributed by atoms with van der Waals surface area (Å²) in [6.45, 7) is 2.68. The van der Waals surface area contributed by atoms with Crippen LogP contribution in [0.4, 0.5) is 15.8 Å². The van der Waals surface area contributed by atoms with Gasteiger partial charge in [0, 0.05) is 23.9 Å². The van der Waals surface area contributed by atoms with Gasteiger partial charge in [-0.2, -0.15) is 4.39 Å². The summed E-state index contributed by atoms with van der Waals surface area (Å²) in [4.78, 5) is 21.6. The molecule has 2 atom stereocenters. The molecule has 1 heterocycles. The molecule has 1 amide bonds. The molecule has 1 fully saturated rings. The van der Waals surface area contributed by atoms with Crippen LogP contribution in [0.3, 0.4) is 0 Å². The first-order chi connectivity index (χ1) is 8.99. The van der Waals surface area contributed by atoms with E-state index in [0.29, 0.717) is 0 Å². The van der Waals surface area contributed by atoms with E-state index in [9.17, 15) is 19.3 Å². The van der Waals surface area contributed by atoms with Crippen LogP contribution in [0, 0.1) is 21.8 Å². The average Bonchev–Trinajstić information content (AvgIpc) is 2.75. The number of halogens is 1. The van der Waals surface area contributed by atoms with Gasteiger partial charge in [0.2, 0.25) is 11.7 Å². The van der Waals surface area contributed by atoms with E-state index in [-0.39, 0.29) is 23.6 Å². The number of hydrogen-bond donors (Lipinski definition) is 2. The zero-order valence-corrected chi connectivity index (χ0v) is 10.4. The van der Waals surface area contributed by atoms with Crippen molar-refractivity contribution in [3.8, 4) is 0 Å². The average molecular weight is 267 g/mol. The van der Waals surface area contributed by atoms with Gasteiger partial charge in [0.25, 0.3) is 0 Å². The molecule has 0 spiro atoms. The maximum absolute atomic E-state index is 13.4. The molecule has 102 valence electrons. The first kappa shape index (κ1) is 13.4. The van der Waals surface area contributed by atoms with Crippen LogP contribution < -0.4 is 10.6 Å². The second kappa shape index (κ2) is 5.31. The van der Waals surface area contributed by atoms with Crippen LogP contribution in [0.5, 0.6) is 0 Å². The van der Waals surface area contributed by atoms with Crippen LogP contribution >= 0.6 is 0 Å². The van der Waals surface area contributed by atoms with Gasteiger partial charge in [0.1, 0.15) is 0 Å². The van der Waals surface area contributed by atoms with E-state index in [2.05, 4.69) is 10.6 Å². The van der Waals surface area contributed by atoms with Gasteiger partial charge >= 0.3 is 5.69 Å². The lowest BCUT2D eigenvalue weighted by molar-refractivity contribution is -0.387. The summed E-state index contributed by atoms with van der Waals surface area (Å²) in [5.74, 6) is -1.33. The first-order valence-electron chi connectivity index (χ1n) is 5.97. The molecule has 0 bridgehead atoms. The Bertz CT molecular complexity index is 521. The molecule has 0 saturated carbocycles. The van der Waals surface area contributed by atoms with Crippen molar-refractivity contribution in [1.29, 1.82) is 0 Å². The summed E-state index contributed by atoms with van der Waals surface area (Å²) < 4.78 is 13.4. The number of benzene rings is 1. The van der Waals surface area contributed by atoms with Crippen molar-refractivity contribution in [3.05, 3.63) is 34.1 Å². The van der Waals surface area contributed by atoms with Gasteiger partial charge in [0.05, 0.1) is 10.8 Å². The van der Waals surface area contributed by atoms with Gasteiger partial charge in [-0.1, -0.05) is 0 Å². The number of nitrogens with one attached hydrogen (secondary N) is 2. The fraction of sp³-hybridized carbons (Fsp3) is 0.417. The molecule has 6 nitrogen and oxygen atoms in total. The number of amides is 1. The van der Waals surface area contributed by atoms with Gasteiger partial charge < -0.3 is 10.6 Å². The normalized spacial score (nSPS) is 22.2. The third kappa shape index (κ3) is 2.87. The number of anilines is 1. The van der Waals surface area contributed by atoms with Crippen molar-refractivity contribution in [2.75, 3.05) is 11.9 Å². The highest BCUT2D eigenvalue weighted by atomic mass is 19.1. The van der Waals surface area contributed by atoms with Crippen molar-refractivity contribution in [2.24, 2.45) is 5.92 Å². The van der Waals surface area contributed by atoms with Crippen molar-refractivity contribution in [3.63, 3.8) is 0 Å². The molecule has 2 rings (SSSR count). The fourth-order valence-electron chi connectivity index (χ4n) is 2.18. The Morgan fingerprint density at radius 1 is 1.58 bits per heavy atom. The van der Waals surface area contributed by atoms with E-state index in [4.69, 9.17) is 0 Å². The number of rotatable bonds is 3. The maximum Gasteiger partial charge on any atom is 0.304 e. The van der Waals surface area contributed by atoms with Gasteiger partial charge in [-0.3, -0.25) is 14.9 Å². The molecule has 7 heteroatoms. The zero-order valence-electron chi connectivity index (χ0n) is 10.4. The van der Waals surface area contributed by atoms with Gasteiger partial charge in [0.15, 0.2) is 0 Å². The van der Waals surface area contributed by atoms with E-state index >= 15 is 0 Å². The third-order valence-corrected chi connectivity index (χ3v) is 3.27. The van der Waals surface area contributed by atoms with Crippen LogP contribution in [0.2, 0.25) is 0 Å². The Morgan fingerprint density at radius 3 is 2.84 bits per heavy atom. The van der Waals surface area contributed by atoms with Crippen molar-refractivity contribution in [1.82, 2.24) is 5.32 Å². The summed E-state index contributed by atoms with van der Waals surface area (Å²) in [5.41, 5.74) is -0.374. The number of carbonyl (C=O) groups is 1. The number of hydrogen-bond acceptors (Lipinski definition) is 4. The van der Waals surface area contributed by atoms with Crippen LogP contribution in [0.25, 0.3) is 0 Å². The zero-order chi connectivity index (χ0) is 14.0. The van der Waals surface area contributed by atoms with E-state index in [1.165, 1.54) is 6.07 Å². The lowest BCUT2D eigenvalue weighted by atomic mass is 10.0. The highest BCUT2D eigenvalue weighted by Crippen LogP contribution is 2.22. The number of nitro benzene ring substituents is 1. The minimum atomic E-state index is -0.958. The molecule has 0 radical (unpaired) electrons. The quantitative estimate of drug-likeness (QED) is 0.644. The molecule has 2 unspecified atom stereocenters. The first-order valence-corrected chi connectivity index (χ1v) is 5.97. The minimum Gasteiger partial charge on any atom is -0.326 e. The molecule has 1 aromatic carbocycles. The topological polar surface area (TPSA) is 84.3 Å². The smallest absolute Gasteiger partial charge is 0.304 e. The van der Waals surface area contributed by atoms with Crippen molar-refractivity contribution in [2.45, 2.75) is 19.4 Å². The van der Waals surface area contributed by atoms with Crippen LogP contribution in [-0.2, 0) is 4.79 Å². The molecule has 0 aliphatic carbocycles. The van der Waals surface area contributed by atoms with E-state index in [0.717, 1.165) is 25.1 Å². The highest BCUT2D eigenvalue weighted by molar-refractivity contribution is 5.93. The predicted molar refractivity (Wildman–Crippen MR) is 67.3 cm³/mol. The number of nitrogens with zero attached hydrogens (tertiary/aromatic N) is 1. The summed E-state index contributed by atoms with van der Waals surface area (Å²) >= 11 is 0. The Balaban J connectivity index is 2.09. The maximum atomic E-state index is 13.4. The Hall–Kier alpha value is -2.02. The second-order valence-electron chi connectivity index (χ2n) is 4.55. The SMILES string of the molecule is CC1NCCC1C(=O)Nc1ccc([N+](=O)[O-])c(F)c1.